The number of benzene rings is 3. The molecule has 4 aromatic rings. The summed E-state index contributed by atoms with van der Waals surface area (Å²) in [6, 6.07) is 17.0. The smallest absolute Gasteiger partial charge is 0.505 e. The minimum atomic E-state index is -1.43. The summed E-state index contributed by atoms with van der Waals surface area (Å²) >= 11 is 0. The number of ether oxygens (including phenoxy) is 1. The molecular weight excluding hydrogens is 436 g/mol. The fraction of sp³-hybridized carbons (Fsp3) is 0.120. The number of hydrogen-bond donors (Lipinski definition) is 3. The largest absolute Gasteiger partial charge is 0.511 e. The number of aromatic hydroxyl groups is 1. The van der Waals surface area contributed by atoms with Crippen LogP contribution in [0.1, 0.15) is 16.8 Å². The summed E-state index contributed by atoms with van der Waals surface area (Å²) in [5.41, 5.74) is 4.13. The third-order valence-corrected chi connectivity index (χ3v) is 5.13. The van der Waals surface area contributed by atoms with Crippen molar-refractivity contribution in [3.05, 3.63) is 87.8 Å². The highest BCUT2D eigenvalue weighted by atomic mass is 16.7. The van der Waals surface area contributed by atoms with Crippen molar-refractivity contribution in [3.8, 4) is 28.3 Å². The quantitative estimate of drug-likeness (QED) is 0.194. The number of aryl methyl sites for hydroxylation is 3. The molecule has 0 saturated heterocycles. The van der Waals surface area contributed by atoms with E-state index in [0.29, 0.717) is 22.5 Å². The maximum absolute atomic E-state index is 13.0. The number of phenols is 1. The highest BCUT2D eigenvalue weighted by Gasteiger charge is 2.14. The Morgan fingerprint density at radius 3 is 2.38 bits per heavy atom. The third-order valence-electron chi connectivity index (χ3n) is 5.13. The lowest BCUT2D eigenvalue weighted by molar-refractivity contribution is 0.144. The van der Waals surface area contributed by atoms with Gasteiger partial charge in [-0.25, -0.2) is 9.48 Å². The molecule has 9 nitrogen and oxygen atoms in total. The van der Waals surface area contributed by atoms with Crippen molar-refractivity contribution in [2.45, 2.75) is 20.8 Å². The minimum Gasteiger partial charge on any atom is -0.505 e. The van der Waals surface area contributed by atoms with E-state index in [-0.39, 0.29) is 28.4 Å². The van der Waals surface area contributed by atoms with Crippen LogP contribution in [0.3, 0.4) is 0 Å². The zero-order valence-corrected chi connectivity index (χ0v) is 18.7. The molecule has 0 bridgehead atoms. The van der Waals surface area contributed by atoms with Crippen LogP contribution in [0.5, 0.6) is 11.5 Å². The van der Waals surface area contributed by atoms with Gasteiger partial charge < -0.3 is 14.9 Å². The predicted octanol–water partition coefficient (Wildman–Crippen LogP) is 5.94. The Balaban J connectivity index is 1.69. The number of aromatic nitrogens is 2. The van der Waals surface area contributed by atoms with E-state index in [1.807, 2.05) is 32.0 Å². The van der Waals surface area contributed by atoms with Gasteiger partial charge in [-0.1, -0.05) is 30.3 Å². The number of rotatable bonds is 5. The summed E-state index contributed by atoms with van der Waals surface area (Å²) in [7, 11) is 0. The topological polar surface area (TPSA) is 129 Å². The average molecular weight is 458 g/mol. The first-order chi connectivity index (χ1) is 16.2. The summed E-state index contributed by atoms with van der Waals surface area (Å²) in [6.45, 7) is 5.63. The Kier molecular flexibility index (Phi) is 6.01. The van der Waals surface area contributed by atoms with Gasteiger partial charge in [-0.15, -0.1) is 10.2 Å². The summed E-state index contributed by atoms with van der Waals surface area (Å²) in [6.07, 6.45) is -1.43. The molecule has 0 spiro atoms. The SMILES string of the molecule is Cc1cc(C)cc(-n2[nH]c(C)c(N=Nc3cccc(-c4cccc(OC(=O)O)c4)c3O)c2=O)c1. The number of para-hydroxylation sites is 1. The maximum atomic E-state index is 13.0. The van der Waals surface area contributed by atoms with Crippen LogP contribution in [0.25, 0.3) is 16.8 Å². The van der Waals surface area contributed by atoms with Crippen molar-refractivity contribution in [1.82, 2.24) is 9.78 Å². The van der Waals surface area contributed by atoms with Gasteiger partial charge >= 0.3 is 6.16 Å². The van der Waals surface area contributed by atoms with Gasteiger partial charge in [0.25, 0.3) is 5.56 Å². The second-order valence-corrected chi connectivity index (χ2v) is 7.84. The molecule has 9 heteroatoms. The van der Waals surface area contributed by atoms with Gasteiger partial charge in [0.15, 0.2) is 11.4 Å². The normalized spacial score (nSPS) is 11.1. The van der Waals surface area contributed by atoms with Gasteiger partial charge in [-0.05, 0) is 67.8 Å². The van der Waals surface area contributed by atoms with Gasteiger partial charge in [0, 0.05) is 5.56 Å². The number of H-pyrrole nitrogens is 1. The van der Waals surface area contributed by atoms with Gasteiger partial charge in [0.2, 0.25) is 0 Å². The Labute approximate surface area is 194 Å². The lowest BCUT2D eigenvalue weighted by Crippen LogP contribution is -2.14. The van der Waals surface area contributed by atoms with E-state index in [9.17, 15) is 14.7 Å². The number of hydrogen-bond acceptors (Lipinski definition) is 6. The Bertz CT molecular complexity index is 1460. The first kappa shape index (κ1) is 22.5. The number of carbonyl (C=O) groups is 1. The molecule has 0 aliphatic heterocycles. The second-order valence-electron chi connectivity index (χ2n) is 7.84. The van der Waals surface area contributed by atoms with Crippen LogP contribution in [0.15, 0.2) is 75.7 Å². The summed E-state index contributed by atoms with van der Waals surface area (Å²) in [5, 5.41) is 30.8. The van der Waals surface area contributed by atoms with Crippen LogP contribution in [0.2, 0.25) is 0 Å². The number of aromatic amines is 1. The molecular formula is C25H22N4O5. The fourth-order valence-corrected chi connectivity index (χ4v) is 3.69. The lowest BCUT2D eigenvalue weighted by atomic mass is 10.0. The summed E-state index contributed by atoms with van der Waals surface area (Å²) < 4.78 is 6.09. The molecule has 0 unspecified atom stereocenters. The Morgan fingerprint density at radius 2 is 1.68 bits per heavy atom. The van der Waals surface area contributed by atoms with E-state index >= 15 is 0 Å². The summed E-state index contributed by atoms with van der Waals surface area (Å²) in [4.78, 5) is 23.8. The van der Waals surface area contributed by atoms with Crippen LogP contribution < -0.4 is 10.3 Å². The monoisotopic (exact) mass is 458 g/mol. The number of phenolic OH excluding ortho intramolecular Hbond substituents is 1. The zero-order chi connectivity index (χ0) is 24.4. The van der Waals surface area contributed by atoms with Gasteiger partial charge in [0.05, 0.1) is 11.4 Å². The molecule has 3 aromatic carbocycles. The molecule has 3 N–H and O–H groups in total. The van der Waals surface area contributed by atoms with E-state index in [0.717, 1.165) is 11.1 Å². The molecule has 0 amide bonds. The first-order valence-electron chi connectivity index (χ1n) is 10.4. The number of nitrogens with one attached hydrogen (secondary N) is 1. The molecule has 0 aliphatic carbocycles. The van der Waals surface area contributed by atoms with Crippen molar-refractivity contribution in [2.24, 2.45) is 10.2 Å². The molecule has 0 atom stereocenters. The first-order valence-corrected chi connectivity index (χ1v) is 10.4. The van der Waals surface area contributed by atoms with Crippen LogP contribution >= 0.6 is 0 Å². The van der Waals surface area contributed by atoms with E-state index in [1.54, 1.807) is 37.3 Å². The van der Waals surface area contributed by atoms with Gasteiger partial charge in [0.1, 0.15) is 11.4 Å². The van der Waals surface area contributed by atoms with Crippen molar-refractivity contribution < 1.29 is 19.7 Å². The van der Waals surface area contributed by atoms with Crippen molar-refractivity contribution in [1.29, 1.82) is 0 Å². The minimum absolute atomic E-state index is 0.117. The highest BCUT2D eigenvalue weighted by Crippen LogP contribution is 2.38. The Hall–Kier alpha value is -4.66. The zero-order valence-electron chi connectivity index (χ0n) is 18.7. The molecule has 34 heavy (non-hydrogen) atoms. The van der Waals surface area contributed by atoms with Crippen LogP contribution in [-0.2, 0) is 0 Å². The maximum Gasteiger partial charge on any atom is 0.511 e. The molecule has 0 radical (unpaired) electrons. The second kappa shape index (κ2) is 9.07. The highest BCUT2D eigenvalue weighted by molar-refractivity contribution is 5.77. The van der Waals surface area contributed by atoms with E-state index < -0.39 is 6.16 Å². The number of azo groups is 1. The molecule has 0 saturated carbocycles. The van der Waals surface area contributed by atoms with E-state index in [4.69, 9.17) is 5.11 Å². The standard InChI is InChI=1S/C25H22N4O5/c1-14-10-15(2)12-18(11-14)29-24(31)22(16(3)28-29)27-26-21-9-5-8-20(23(21)30)17-6-4-7-19(13-17)34-25(32)33/h4-13,28,30H,1-3H3,(H,32,33). The van der Waals surface area contributed by atoms with E-state index in [1.165, 1.54) is 16.8 Å². The average Bonchev–Trinajstić information content (AvgIpc) is 3.05. The molecule has 1 aromatic heterocycles. The van der Waals surface area contributed by atoms with Crippen molar-refractivity contribution in [3.63, 3.8) is 0 Å². The van der Waals surface area contributed by atoms with Gasteiger partial charge in [-0.2, -0.15) is 0 Å². The molecule has 0 aliphatic rings. The van der Waals surface area contributed by atoms with Crippen molar-refractivity contribution >= 4 is 17.5 Å². The molecule has 172 valence electrons. The van der Waals surface area contributed by atoms with Crippen molar-refractivity contribution in [2.75, 3.05) is 0 Å². The number of carboxylic acid groups (broad SMARTS) is 1. The fourth-order valence-electron chi connectivity index (χ4n) is 3.69. The molecule has 0 fully saturated rings. The number of nitrogens with zero attached hydrogens (tertiary/aromatic N) is 3. The molecule has 1 heterocycles. The summed E-state index contributed by atoms with van der Waals surface area (Å²) in [5.74, 6) is -0.0483. The Morgan fingerprint density at radius 1 is 0.971 bits per heavy atom. The van der Waals surface area contributed by atoms with Crippen LogP contribution in [-0.4, -0.2) is 26.1 Å². The van der Waals surface area contributed by atoms with E-state index in [2.05, 4.69) is 20.1 Å². The van der Waals surface area contributed by atoms with Crippen LogP contribution in [0.4, 0.5) is 16.2 Å². The third kappa shape index (κ3) is 4.58. The molecule has 4 rings (SSSR count). The lowest BCUT2D eigenvalue weighted by Gasteiger charge is -2.08. The van der Waals surface area contributed by atoms with Crippen LogP contribution in [0, 0.1) is 20.8 Å². The van der Waals surface area contributed by atoms with Gasteiger partial charge in [-0.3, -0.25) is 9.89 Å². The predicted molar refractivity (Wildman–Crippen MR) is 127 cm³/mol.